The fourth-order valence-electron chi connectivity index (χ4n) is 1.56. The molecule has 1 aromatic rings. The third-order valence-corrected chi connectivity index (χ3v) is 2.59. The number of nitrogens with one attached hydrogen (secondary N) is 1. The van der Waals surface area contributed by atoms with Crippen molar-refractivity contribution in [2.24, 2.45) is 5.84 Å². The summed E-state index contributed by atoms with van der Waals surface area (Å²) < 4.78 is 10.4. The summed E-state index contributed by atoms with van der Waals surface area (Å²) in [4.78, 5) is 0. The summed E-state index contributed by atoms with van der Waals surface area (Å²) in [6.45, 7) is 4.10. The van der Waals surface area contributed by atoms with Crippen LogP contribution in [0.1, 0.15) is 25.8 Å². The van der Waals surface area contributed by atoms with Gasteiger partial charge in [0.05, 0.1) is 18.1 Å². The van der Waals surface area contributed by atoms with Crippen molar-refractivity contribution in [3.8, 4) is 0 Å². The van der Waals surface area contributed by atoms with E-state index in [1.807, 2.05) is 19.9 Å². The minimum atomic E-state index is -0.166. The maximum absolute atomic E-state index is 5.52. The van der Waals surface area contributed by atoms with Crippen LogP contribution in [0, 0.1) is 0 Å². The monoisotopic (exact) mass is 212 g/mol. The number of furan rings is 1. The molecule has 0 amide bonds. The SMILES string of the molecule is COC(C)(C)CC(Cc1ccoc1)NN. The average molecular weight is 212 g/mol. The van der Waals surface area contributed by atoms with Gasteiger partial charge in [-0.1, -0.05) is 0 Å². The zero-order valence-electron chi connectivity index (χ0n) is 9.62. The van der Waals surface area contributed by atoms with Crippen molar-refractivity contribution in [1.82, 2.24) is 5.43 Å². The zero-order chi connectivity index (χ0) is 11.3. The highest BCUT2D eigenvalue weighted by Crippen LogP contribution is 2.17. The van der Waals surface area contributed by atoms with Crippen LogP contribution in [0.25, 0.3) is 0 Å². The summed E-state index contributed by atoms with van der Waals surface area (Å²) in [5.41, 5.74) is 3.79. The predicted octanol–water partition coefficient (Wildman–Crippen LogP) is 1.47. The lowest BCUT2D eigenvalue weighted by molar-refractivity contribution is 0.00709. The van der Waals surface area contributed by atoms with Gasteiger partial charge in [0, 0.05) is 13.2 Å². The van der Waals surface area contributed by atoms with Gasteiger partial charge in [0.25, 0.3) is 0 Å². The second-order valence-electron chi connectivity index (χ2n) is 4.37. The van der Waals surface area contributed by atoms with Crippen LogP contribution in [0.15, 0.2) is 23.0 Å². The lowest BCUT2D eigenvalue weighted by atomic mass is 9.95. The summed E-state index contributed by atoms with van der Waals surface area (Å²) in [6, 6.07) is 2.14. The molecule has 0 bridgehead atoms. The second-order valence-corrected chi connectivity index (χ2v) is 4.37. The van der Waals surface area contributed by atoms with Crippen molar-refractivity contribution >= 4 is 0 Å². The van der Waals surface area contributed by atoms with Crippen LogP contribution >= 0.6 is 0 Å². The van der Waals surface area contributed by atoms with Crippen LogP contribution in [0.3, 0.4) is 0 Å². The number of hydrogen-bond donors (Lipinski definition) is 2. The third kappa shape index (κ3) is 4.03. The van der Waals surface area contributed by atoms with Crippen molar-refractivity contribution < 1.29 is 9.15 Å². The second kappa shape index (κ2) is 5.30. The van der Waals surface area contributed by atoms with Crippen molar-refractivity contribution in [2.75, 3.05) is 7.11 Å². The highest BCUT2D eigenvalue weighted by atomic mass is 16.5. The van der Waals surface area contributed by atoms with Gasteiger partial charge in [-0.3, -0.25) is 11.3 Å². The van der Waals surface area contributed by atoms with Crippen molar-refractivity contribution in [1.29, 1.82) is 0 Å². The number of ether oxygens (including phenoxy) is 1. The molecule has 0 aliphatic carbocycles. The number of nitrogens with two attached hydrogens (primary N) is 1. The summed E-state index contributed by atoms with van der Waals surface area (Å²) in [7, 11) is 1.71. The lowest BCUT2D eigenvalue weighted by Crippen LogP contribution is -2.42. The summed E-state index contributed by atoms with van der Waals surface area (Å²) in [5.74, 6) is 5.52. The van der Waals surface area contributed by atoms with E-state index in [1.54, 1.807) is 19.6 Å². The fourth-order valence-corrected chi connectivity index (χ4v) is 1.56. The van der Waals surface area contributed by atoms with E-state index in [0.717, 1.165) is 18.4 Å². The first-order valence-electron chi connectivity index (χ1n) is 5.10. The molecule has 1 atom stereocenters. The molecule has 0 fully saturated rings. The molecule has 1 unspecified atom stereocenters. The van der Waals surface area contributed by atoms with Crippen LogP contribution in [0.2, 0.25) is 0 Å². The largest absolute Gasteiger partial charge is 0.472 e. The van der Waals surface area contributed by atoms with Gasteiger partial charge in [-0.2, -0.15) is 0 Å². The van der Waals surface area contributed by atoms with Crippen molar-refractivity contribution in [3.63, 3.8) is 0 Å². The molecular weight excluding hydrogens is 192 g/mol. The minimum Gasteiger partial charge on any atom is -0.472 e. The van der Waals surface area contributed by atoms with E-state index < -0.39 is 0 Å². The summed E-state index contributed by atoms with van der Waals surface area (Å²) >= 11 is 0. The van der Waals surface area contributed by atoms with Crippen molar-refractivity contribution in [3.05, 3.63) is 24.2 Å². The van der Waals surface area contributed by atoms with E-state index in [0.29, 0.717) is 0 Å². The van der Waals surface area contributed by atoms with Gasteiger partial charge in [0.1, 0.15) is 0 Å². The normalized spacial score (nSPS) is 14.1. The molecule has 0 saturated heterocycles. The Balaban J connectivity index is 2.50. The Hall–Kier alpha value is -0.840. The predicted molar refractivity (Wildman–Crippen MR) is 59.2 cm³/mol. The molecule has 0 saturated carbocycles. The quantitative estimate of drug-likeness (QED) is 0.553. The van der Waals surface area contributed by atoms with E-state index in [2.05, 4.69) is 5.43 Å². The van der Waals surface area contributed by atoms with Gasteiger partial charge < -0.3 is 9.15 Å². The Labute approximate surface area is 90.8 Å². The lowest BCUT2D eigenvalue weighted by Gasteiger charge is -2.27. The van der Waals surface area contributed by atoms with Gasteiger partial charge in [-0.05, 0) is 38.3 Å². The zero-order valence-corrected chi connectivity index (χ0v) is 9.62. The smallest absolute Gasteiger partial charge is 0.0935 e. The summed E-state index contributed by atoms with van der Waals surface area (Å²) in [6.07, 6.45) is 5.11. The first kappa shape index (κ1) is 12.2. The fraction of sp³-hybridized carbons (Fsp3) is 0.636. The molecule has 4 heteroatoms. The molecule has 0 aliphatic heterocycles. The maximum Gasteiger partial charge on any atom is 0.0935 e. The Morgan fingerprint density at radius 1 is 1.60 bits per heavy atom. The van der Waals surface area contributed by atoms with E-state index in [4.69, 9.17) is 15.0 Å². The standard InChI is InChI=1S/C11H20N2O2/c1-11(2,14-3)7-10(13-12)6-9-4-5-15-8-9/h4-5,8,10,13H,6-7,12H2,1-3H3. The third-order valence-electron chi connectivity index (χ3n) is 2.59. The molecule has 1 rings (SSSR count). The summed E-state index contributed by atoms with van der Waals surface area (Å²) in [5, 5.41) is 0. The average Bonchev–Trinajstić information content (AvgIpc) is 2.69. The number of hydrogen-bond acceptors (Lipinski definition) is 4. The van der Waals surface area contributed by atoms with Gasteiger partial charge in [-0.15, -0.1) is 0 Å². The molecule has 4 nitrogen and oxygen atoms in total. The minimum absolute atomic E-state index is 0.166. The molecule has 0 aliphatic rings. The molecule has 0 aromatic carbocycles. The molecule has 3 N–H and O–H groups in total. The van der Waals surface area contributed by atoms with E-state index in [9.17, 15) is 0 Å². The highest BCUT2D eigenvalue weighted by molar-refractivity contribution is 5.07. The molecule has 15 heavy (non-hydrogen) atoms. The van der Waals surface area contributed by atoms with Gasteiger partial charge in [0.2, 0.25) is 0 Å². The van der Waals surface area contributed by atoms with Crippen LogP contribution in [-0.2, 0) is 11.2 Å². The maximum atomic E-state index is 5.52. The Morgan fingerprint density at radius 2 is 2.33 bits per heavy atom. The van der Waals surface area contributed by atoms with Crippen LogP contribution in [-0.4, -0.2) is 18.8 Å². The first-order chi connectivity index (χ1) is 7.07. The Morgan fingerprint density at radius 3 is 2.80 bits per heavy atom. The van der Waals surface area contributed by atoms with E-state index in [-0.39, 0.29) is 11.6 Å². The molecule has 1 aromatic heterocycles. The van der Waals surface area contributed by atoms with Gasteiger partial charge in [0.15, 0.2) is 0 Å². The number of hydrazine groups is 1. The molecule has 0 radical (unpaired) electrons. The molecule has 1 heterocycles. The Bertz CT molecular complexity index is 270. The highest BCUT2D eigenvalue weighted by Gasteiger charge is 2.22. The molecule has 0 spiro atoms. The Kier molecular flexibility index (Phi) is 4.32. The van der Waals surface area contributed by atoms with Crippen LogP contribution in [0.5, 0.6) is 0 Å². The van der Waals surface area contributed by atoms with Crippen LogP contribution < -0.4 is 11.3 Å². The van der Waals surface area contributed by atoms with Crippen LogP contribution in [0.4, 0.5) is 0 Å². The van der Waals surface area contributed by atoms with E-state index >= 15 is 0 Å². The van der Waals surface area contributed by atoms with Gasteiger partial charge in [-0.25, -0.2) is 0 Å². The topological polar surface area (TPSA) is 60.4 Å². The molecular formula is C11H20N2O2. The van der Waals surface area contributed by atoms with Crippen molar-refractivity contribution in [2.45, 2.75) is 38.3 Å². The molecule has 86 valence electrons. The number of rotatable bonds is 6. The number of methoxy groups -OCH3 is 1. The first-order valence-corrected chi connectivity index (χ1v) is 5.10. The van der Waals surface area contributed by atoms with E-state index in [1.165, 1.54) is 0 Å². The van der Waals surface area contributed by atoms with Gasteiger partial charge >= 0.3 is 0 Å².